The van der Waals surface area contributed by atoms with E-state index in [0.29, 0.717) is 23.2 Å². The zero-order valence-corrected chi connectivity index (χ0v) is 13.5. The molecule has 1 heterocycles. The number of oxazole rings is 1. The number of fused-ring (bicyclic) bond motifs is 1. The van der Waals surface area contributed by atoms with Crippen LogP contribution in [0.25, 0.3) is 11.1 Å². The summed E-state index contributed by atoms with van der Waals surface area (Å²) in [5.41, 5.74) is 2.87. The molecule has 0 radical (unpaired) electrons. The quantitative estimate of drug-likeness (QED) is 0.729. The summed E-state index contributed by atoms with van der Waals surface area (Å²) in [6.07, 6.45) is 0.490. The van der Waals surface area contributed by atoms with Crippen molar-refractivity contribution in [2.45, 2.75) is 12.5 Å². The second-order valence-electron chi connectivity index (χ2n) is 5.52. The van der Waals surface area contributed by atoms with E-state index in [0.717, 1.165) is 5.56 Å². The lowest BCUT2D eigenvalue weighted by Gasteiger charge is -2.17. The number of benzene rings is 2. The number of aromatic nitrogens is 1. The first-order valence-electron chi connectivity index (χ1n) is 7.56. The van der Waals surface area contributed by atoms with E-state index >= 15 is 0 Å². The number of esters is 1. The molecule has 1 aromatic heterocycles. The topological polar surface area (TPSA) is 73.5 Å². The van der Waals surface area contributed by atoms with E-state index in [1.807, 2.05) is 30.3 Å². The van der Waals surface area contributed by atoms with Gasteiger partial charge in [0.1, 0.15) is 6.04 Å². The van der Waals surface area contributed by atoms with E-state index in [1.165, 1.54) is 11.7 Å². The van der Waals surface area contributed by atoms with Crippen molar-refractivity contribution in [3.8, 4) is 0 Å². The number of aryl methyl sites for hydroxylation is 1. The molecular weight excluding hydrogens is 308 g/mol. The Balaban J connectivity index is 1.86. The Morgan fingerprint density at radius 2 is 2.00 bits per heavy atom. The Morgan fingerprint density at radius 3 is 2.71 bits per heavy atom. The minimum Gasteiger partial charge on any atom is -0.467 e. The Morgan fingerprint density at radius 1 is 1.25 bits per heavy atom. The molecule has 0 unspecified atom stereocenters. The highest BCUT2D eigenvalue weighted by molar-refractivity contribution is 5.82. The molecule has 0 bridgehead atoms. The van der Waals surface area contributed by atoms with Crippen molar-refractivity contribution in [1.29, 1.82) is 0 Å². The number of ether oxygens (including phenoxy) is 1. The molecule has 6 heteroatoms. The molecule has 0 spiro atoms. The molecule has 0 saturated heterocycles. The van der Waals surface area contributed by atoms with Gasteiger partial charge in [-0.15, -0.1) is 0 Å². The highest BCUT2D eigenvalue weighted by Gasteiger charge is 2.20. The first-order chi connectivity index (χ1) is 11.6. The SMILES string of the molecule is COC(=O)[C@@H](Cc1ccccc1)Nc1ccc2c(c1)oc(=O)n2C. The van der Waals surface area contributed by atoms with Crippen LogP contribution in [0.3, 0.4) is 0 Å². The van der Waals surface area contributed by atoms with Gasteiger partial charge in [-0.3, -0.25) is 4.57 Å². The van der Waals surface area contributed by atoms with Crippen LogP contribution < -0.4 is 11.1 Å². The second kappa shape index (κ2) is 6.62. The Kier molecular flexibility index (Phi) is 4.37. The average molecular weight is 326 g/mol. The lowest BCUT2D eigenvalue weighted by molar-refractivity contribution is -0.141. The number of hydrogen-bond acceptors (Lipinski definition) is 5. The van der Waals surface area contributed by atoms with Gasteiger partial charge in [0.15, 0.2) is 5.58 Å². The molecule has 124 valence electrons. The molecule has 6 nitrogen and oxygen atoms in total. The maximum Gasteiger partial charge on any atom is 0.419 e. The lowest BCUT2D eigenvalue weighted by Crippen LogP contribution is -2.32. The van der Waals surface area contributed by atoms with Crippen LogP contribution >= 0.6 is 0 Å². The van der Waals surface area contributed by atoms with Crippen molar-refractivity contribution in [3.05, 3.63) is 64.6 Å². The Hall–Kier alpha value is -3.02. The molecular formula is C18H18N2O4. The molecule has 0 amide bonds. The number of carbonyl (C=O) groups excluding carboxylic acids is 1. The summed E-state index contributed by atoms with van der Waals surface area (Å²) in [4.78, 5) is 23.6. The molecule has 0 aliphatic rings. The molecule has 1 atom stereocenters. The van der Waals surface area contributed by atoms with Crippen molar-refractivity contribution in [2.24, 2.45) is 7.05 Å². The second-order valence-corrected chi connectivity index (χ2v) is 5.52. The molecule has 24 heavy (non-hydrogen) atoms. The van der Waals surface area contributed by atoms with Crippen molar-refractivity contribution < 1.29 is 13.9 Å². The van der Waals surface area contributed by atoms with Crippen LogP contribution in [0.15, 0.2) is 57.7 Å². The number of methoxy groups -OCH3 is 1. The van der Waals surface area contributed by atoms with Crippen LogP contribution in [-0.2, 0) is 23.0 Å². The minimum absolute atomic E-state index is 0.353. The van der Waals surface area contributed by atoms with Gasteiger partial charge in [-0.05, 0) is 17.7 Å². The van der Waals surface area contributed by atoms with Gasteiger partial charge >= 0.3 is 11.7 Å². The van der Waals surface area contributed by atoms with Gasteiger partial charge in [0.2, 0.25) is 0 Å². The van der Waals surface area contributed by atoms with Crippen LogP contribution in [0, 0.1) is 0 Å². The van der Waals surface area contributed by atoms with Gasteiger partial charge in [-0.25, -0.2) is 9.59 Å². The number of nitrogens with zero attached hydrogens (tertiary/aromatic N) is 1. The monoisotopic (exact) mass is 326 g/mol. The first kappa shape index (κ1) is 15.9. The summed E-state index contributed by atoms with van der Waals surface area (Å²) in [6.45, 7) is 0. The van der Waals surface area contributed by atoms with Crippen LogP contribution in [-0.4, -0.2) is 23.7 Å². The molecule has 0 aliphatic heterocycles. The summed E-state index contributed by atoms with van der Waals surface area (Å²) < 4.78 is 11.5. The van der Waals surface area contributed by atoms with E-state index in [1.54, 1.807) is 25.2 Å². The highest BCUT2D eigenvalue weighted by atomic mass is 16.5. The smallest absolute Gasteiger partial charge is 0.419 e. The number of anilines is 1. The minimum atomic E-state index is -0.537. The molecule has 3 rings (SSSR count). The van der Waals surface area contributed by atoms with Crippen LogP contribution in [0.5, 0.6) is 0 Å². The van der Waals surface area contributed by atoms with Crippen molar-refractivity contribution >= 4 is 22.8 Å². The normalized spacial score (nSPS) is 12.1. The summed E-state index contributed by atoms with van der Waals surface area (Å²) in [7, 11) is 3.01. The standard InChI is InChI=1S/C18H18N2O4/c1-20-15-9-8-13(11-16(15)24-18(20)22)19-14(17(21)23-2)10-12-6-4-3-5-7-12/h3-9,11,14,19H,10H2,1-2H3/t14-/m1/s1. The van der Waals surface area contributed by atoms with Gasteiger partial charge in [-0.1, -0.05) is 30.3 Å². The maximum absolute atomic E-state index is 12.1. The fraction of sp³-hybridized carbons (Fsp3) is 0.222. The molecule has 0 fully saturated rings. The third-order valence-corrected chi connectivity index (χ3v) is 3.90. The molecule has 2 aromatic carbocycles. The van der Waals surface area contributed by atoms with Crippen molar-refractivity contribution in [3.63, 3.8) is 0 Å². The Labute approximate surface area is 138 Å². The number of hydrogen-bond donors (Lipinski definition) is 1. The summed E-state index contributed by atoms with van der Waals surface area (Å²) in [6, 6.07) is 14.4. The van der Waals surface area contributed by atoms with E-state index < -0.39 is 11.8 Å². The fourth-order valence-corrected chi connectivity index (χ4v) is 2.61. The molecule has 0 aliphatic carbocycles. The average Bonchev–Trinajstić information content (AvgIpc) is 2.88. The predicted molar refractivity (Wildman–Crippen MR) is 91.0 cm³/mol. The zero-order valence-electron chi connectivity index (χ0n) is 13.5. The number of rotatable bonds is 5. The third kappa shape index (κ3) is 3.17. The van der Waals surface area contributed by atoms with Gasteiger partial charge in [0, 0.05) is 25.2 Å². The lowest BCUT2D eigenvalue weighted by atomic mass is 10.1. The maximum atomic E-state index is 12.1. The van der Waals surface area contributed by atoms with Crippen molar-refractivity contribution in [1.82, 2.24) is 4.57 Å². The van der Waals surface area contributed by atoms with Gasteiger partial charge in [0.25, 0.3) is 0 Å². The van der Waals surface area contributed by atoms with Crippen LogP contribution in [0.1, 0.15) is 5.56 Å². The van der Waals surface area contributed by atoms with Gasteiger partial charge < -0.3 is 14.5 Å². The van der Waals surface area contributed by atoms with Gasteiger partial charge in [0.05, 0.1) is 12.6 Å². The number of carbonyl (C=O) groups is 1. The molecule has 0 saturated carbocycles. The Bertz CT molecular complexity index is 912. The van der Waals surface area contributed by atoms with E-state index in [2.05, 4.69) is 5.32 Å². The van der Waals surface area contributed by atoms with E-state index in [-0.39, 0.29) is 5.97 Å². The fourth-order valence-electron chi connectivity index (χ4n) is 2.61. The largest absolute Gasteiger partial charge is 0.467 e. The molecule has 1 N–H and O–H groups in total. The zero-order chi connectivity index (χ0) is 17.1. The van der Waals surface area contributed by atoms with Crippen molar-refractivity contribution in [2.75, 3.05) is 12.4 Å². The molecule has 3 aromatic rings. The third-order valence-electron chi connectivity index (χ3n) is 3.90. The first-order valence-corrected chi connectivity index (χ1v) is 7.56. The summed E-state index contributed by atoms with van der Waals surface area (Å²) in [5, 5.41) is 3.15. The highest BCUT2D eigenvalue weighted by Crippen LogP contribution is 2.19. The van der Waals surface area contributed by atoms with E-state index in [9.17, 15) is 9.59 Å². The summed E-state index contributed by atoms with van der Waals surface area (Å²) in [5.74, 6) is -0.774. The predicted octanol–water partition coefficient (Wildman–Crippen LogP) is 2.33. The summed E-state index contributed by atoms with van der Waals surface area (Å²) >= 11 is 0. The van der Waals surface area contributed by atoms with Crippen LogP contribution in [0.4, 0.5) is 5.69 Å². The number of nitrogens with one attached hydrogen (secondary N) is 1. The van der Waals surface area contributed by atoms with Crippen LogP contribution in [0.2, 0.25) is 0 Å². The van der Waals surface area contributed by atoms with Gasteiger partial charge in [-0.2, -0.15) is 0 Å². The van der Waals surface area contributed by atoms with E-state index in [4.69, 9.17) is 9.15 Å².